The topological polar surface area (TPSA) is 49.4 Å². The minimum Gasteiger partial charge on any atom is -0.352 e. The Morgan fingerprint density at radius 1 is 0.944 bits per heavy atom. The first-order valence-electron chi connectivity index (χ1n) is 11.7. The van der Waals surface area contributed by atoms with Crippen molar-refractivity contribution in [3.05, 3.63) is 99.0 Å². The molecule has 0 aliphatic rings. The van der Waals surface area contributed by atoms with E-state index in [4.69, 9.17) is 34.8 Å². The van der Waals surface area contributed by atoms with Gasteiger partial charge in [0.05, 0.1) is 5.75 Å². The van der Waals surface area contributed by atoms with Crippen LogP contribution in [0, 0.1) is 0 Å². The Balaban J connectivity index is 1.93. The second kappa shape index (κ2) is 13.9. The van der Waals surface area contributed by atoms with Gasteiger partial charge in [0.1, 0.15) is 6.04 Å². The fourth-order valence-corrected chi connectivity index (χ4v) is 4.97. The summed E-state index contributed by atoms with van der Waals surface area (Å²) in [5.74, 6) is -0.196. The summed E-state index contributed by atoms with van der Waals surface area (Å²) in [6.45, 7) is 4.15. The summed E-state index contributed by atoms with van der Waals surface area (Å²) < 4.78 is 0. The number of benzene rings is 3. The van der Waals surface area contributed by atoms with Gasteiger partial charge < -0.3 is 10.2 Å². The highest BCUT2D eigenvalue weighted by atomic mass is 35.5. The fraction of sp³-hybridized carbons (Fsp3) is 0.286. The van der Waals surface area contributed by atoms with Crippen molar-refractivity contribution in [3.63, 3.8) is 0 Å². The molecule has 8 heteroatoms. The molecule has 0 saturated carbocycles. The molecule has 0 spiro atoms. The van der Waals surface area contributed by atoms with Gasteiger partial charge in [-0.25, -0.2) is 0 Å². The van der Waals surface area contributed by atoms with Gasteiger partial charge in [0.2, 0.25) is 11.8 Å². The van der Waals surface area contributed by atoms with E-state index in [1.807, 2.05) is 56.3 Å². The van der Waals surface area contributed by atoms with Crippen molar-refractivity contribution < 1.29 is 9.59 Å². The minimum atomic E-state index is -0.716. The van der Waals surface area contributed by atoms with Crippen molar-refractivity contribution in [1.82, 2.24) is 10.2 Å². The zero-order chi connectivity index (χ0) is 26.1. The molecule has 3 rings (SSSR count). The van der Waals surface area contributed by atoms with Crippen LogP contribution >= 0.6 is 46.6 Å². The Hall–Kier alpha value is -2.18. The first-order valence-corrected chi connectivity index (χ1v) is 13.8. The number of halogens is 3. The van der Waals surface area contributed by atoms with E-state index in [-0.39, 0.29) is 30.2 Å². The van der Waals surface area contributed by atoms with Crippen LogP contribution in [0.25, 0.3) is 0 Å². The Labute approximate surface area is 232 Å². The summed E-state index contributed by atoms with van der Waals surface area (Å²) in [4.78, 5) is 29.8. The molecule has 2 unspecified atom stereocenters. The number of nitrogens with one attached hydrogen (secondary N) is 1. The van der Waals surface area contributed by atoms with Gasteiger partial charge in [-0.15, -0.1) is 11.8 Å². The number of hydrogen-bond donors (Lipinski definition) is 1. The molecule has 3 aromatic carbocycles. The van der Waals surface area contributed by atoms with Gasteiger partial charge in [-0.1, -0.05) is 78.1 Å². The molecule has 190 valence electrons. The molecule has 0 bridgehead atoms. The van der Waals surface area contributed by atoms with Crippen molar-refractivity contribution in [3.8, 4) is 0 Å². The van der Waals surface area contributed by atoms with E-state index in [1.54, 1.807) is 35.2 Å². The Morgan fingerprint density at radius 2 is 1.61 bits per heavy atom. The van der Waals surface area contributed by atoms with Crippen LogP contribution < -0.4 is 5.32 Å². The average Bonchev–Trinajstić information content (AvgIpc) is 2.87. The molecule has 4 nitrogen and oxygen atoms in total. The van der Waals surface area contributed by atoms with Crippen LogP contribution in [0.5, 0.6) is 0 Å². The average molecular weight is 564 g/mol. The summed E-state index contributed by atoms with van der Waals surface area (Å²) in [6.07, 6.45) is 1.17. The molecule has 3 aromatic rings. The number of carbonyl (C=O) groups is 2. The first kappa shape index (κ1) is 28.4. The third kappa shape index (κ3) is 8.45. The van der Waals surface area contributed by atoms with E-state index in [0.29, 0.717) is 21.5 Å². The molecule has 0 aromatic heterocycles. The standard InChI is InChI=1S/C28H29Cl3N2O2S/c1-3-19(2)32-28(35)26(15-20-7-5-4-6-8-20)33(17-21-9-10-23(30)16-25(21)31)27(34)18-36-24-13-11-22(29)12-14-24/h4-14,16,19,26H,3,15,17-18H2,1-2H3,(H,32,35). The predicted octanol–water partition coefficient (Wildman–Crippen LogP) is 7.29. The largest absolute Gasteiger partial charge is 0.352 e. The van der Waals surface area contributed by atoms with Crippen molar-refractivity contribution in [2.24, 2.45) is 0 Å². The van der Waals surface area contributed by atoms with Crippen molar-refractivity contribution in [2.45, 2.75) is 50.2 Å². The highest BCUT2D eigenvalue weighted by Crippen LogP contribution is 2.26. The van der Waals surface area contributed by atoms with Gasteiger partial charge in [0.15, 0.2) is 0 Å². The zero-order valence-electron chi connectivity index (χ0n) is 20.2. The van der Waals surface area contributed by atoms with E-state index in [2.05, 4.69) is 5.32 Å². The molecule has 0 aliphatic carbocycles. The molecular weight excluding hydrogens is 535 g/mol. The molecule has 1 N–H and O–H groups in total. The molecule has 0 fully saturated rings. The normalized spacial score (nSPS) is 12.6. The smallest absolute Gasteiger partial charge is 0.243 e. The lowest BCUT2D eigenvalue weighted by Gasteiger charge is -2.32. The first-order chi connectivity index (χ1) is 17.3. The highest BCUT2D eigenvalue weighted by Gasteiger charge is 2.31. The van der Waals surface area contributed by atoms with Crippen LogP contribution in [0.1, 0.15) is 31.4 Å². The SMILES string of the molecule is CCC(C)NC(=O)C(Cc1ccccc1)N(Cc1ccc(Cl)cc1Cl)C(=O)CSc1ccc(Cl)cc1. The molecule has 0 radical (unpaired) electrons. The number of thioether (sulfide) groups is 1. The lowest BCUT2D eigenvalue weighted by atomic mass is 10.0. The Kier molecular flexibility index (Phi) is 11.0. The van der Waals surface area contributed by atoms with Crippen LogP contribution in [0.4, 0.5) is 0 Å². The maximum atomic E-state index is 13.7. The third-order valence-electron chi connectivity index (χ3n) is 5.80. The second-order valence-corrected chi connectivity index (χ2v) is 10.9. The fourth-order valence-electron chi connectivity index (χ4n) is 3.59. The highest BCUT2D eigenvalue weighted by molar-refractivity contribution is 8.00. The van der Waals surface area contributed by atoms with Crippen molar-refractivity contribution in [2.75, 3.05) is 5.75 Å². The number of nitrogens with zero attached hydrogens (tertiary/aromatic N) is 1. The molecule has 0 aliphatic heterocycles. The monoisotopic (exact) mass is 562 g/mol. The number of carbonyl (C=O) groups excluding carboxylic acids is 2. The van der Waals surface area contributed by atoms with Crippen LogP contribution in [0.3, 0.4) is 0 Å². The molecule has 36 heavy (non-hydrogen) atoms. The minimum absolute atomic E-state index is 0.0183. The Bertz CT molecular complexity index is 1160. The Morgan fingerprint density at radius 3 is 2.25 bits per heavy atom. The van der Waals surface area contributed by atoms with Crippen molar-refractivity contribution in [1.29, 1.82) is 0 Å². The summed E-state index contributed by atoms with van der Waals surface area (Å²) in [7, 11) is 0. The van der Waals surface area contributed by atoms with Crippen LogP contribution in [-0.2, 0) is 22.6 Å². The second-order valence-electron chi connectivity index (χ2n) is 8.52. The van der Waals surface area contributed by atoms with Crippen LogP contribution in [0.15, 0.2) is 77.7 Å². The maximum absolute atomic E-state index is 13.7. The number of rotatable bonds is 11. The summed E-state index contributed by atoms with van der Waals surface area (Å²) in [6, 6.07) is 21.5. The van der Waals surface area contributed by atoms with E-state index in [9.17, 15) is 9.59 Å². The molecule has 2 amide bonds. The van der Waals surface area contributed by atoms with Gasteiger partial charge >= 0.3 is 0 Å². The third-order valence-corrected chi connectivity index (χ3v) is 7.64. The van der Waals surface area contributed by atoms with Gasteiger partial charge in [0, 0.05) is 39.0 Å². The summed E-state index contributed by atoms with van der Waals surface area (Å²) in [5, 5.41) is 4.66. The molecular formula is C28H29Cl3N2O2S. The lowest BCUT2D eigenvalue weighted by molar-refractivity contribution is -0.139. The molecule has 2 atom stereocenters. The number of amides is 2. The molecule has 0 saturated heterocycles. The van der Waals surface area contributed by atoms with Crippen molar-refractivity contribution >= 4 is 58.4 Å². The van der Waals surface area contributed by atoms with Gasteiger partial charge in [-0.05, 0) is 60.9 Å². The van der Waals surface area contributed by atoms with Crippen LogP contribution in [-0.4, -0.2) is 34.6 Å². The lowest BCUT2D eigenvalue weighted by Crippen LogP contribution is -2.52. The number of hydrogen-bond acceptors (Lipinski definition) is 3. The van der Waals surface area contributed by atoms with E-state index in [0.717, 1.165) is 22.4 Å². The quantitative estimate of drug-likeness (QED) is 0.249. The predicted molar refractivity (Wildman–Crippen MR) is 151 cm³/mol. The van der Waals surface area contributed by atoms with E-state index >= 15 is 0 Å². The zero-order valence-corrected chi connectivity index (χ0v) is 23.3. The van der Waals surface area contributed by atoms with E-state index < -0.39 is 6.04 Å². The van der Waals surface area contributed by atoms with Crippen LogP contribution in [0.2, 0.25) is 15.1 Å². The molecule has 0 heterocycles. The van der Waals surface area contributed by atoms with Gasteiger partial charge in [-0.3, -0.25) is 9.59 Å². The van der Waals surface area contributed by atoms with Gasteiger partial charge in [0.25, 0.3) is 0 Å². The van der Waals surface area contributed by atoms with E-state index in [1.165, 1.54) is 11.8 Å². The summed E-state index contributed by atoms with van der Waals surface area (Å²) in [5.41, 5.74) is 1.69. The summed E-state index contributed by atoms with van der Waals surface area (Å²) >= 11 is 20.0. The maximum Gasteiger partial charge on any atom is 0.243 e. The van der Waals surface area contributed by atoms with Gasteiger partial charge in [-0.2, -0.15) is 0 Å².